The van der Waals surface area contributed by atoms with Crippen LogP contribution in [0.4, 0.5) is 0 Å². The summed E-state index contributed by atoms with van der Waals surface area (Å²) in [6, 6.07) is 0. The number of nitrogens with zero attached hydrogens (tertiary/aromatic N) is 2. The number of rotatable bonds is 3. The van der Waals surface area contributed by atoms with Gasteiger partial charge >= 0.3 is 0 Å². The minimum atomic E-state index is -3.52. The van der Waals surface area contributed by atoms with Crippen LogP contribution in [0.25, 0.3) is 0 Å². The zero-order valence-electron chi connectivity index (χ0n) is 7.23. The maximum absolute atomic E-state index is 11.1. The van der Waals surface area contributed by atoms with Gasteiger partial charge in [0.05, 0.1) is 18.7 Å². The van der Waals surface area contributed by atoms with Crippen LogP contribution >= 0.6 is 0 Å². The first kappa shape index (κ1) is 10.1. The Balaban J connectivity index is 2.52. The standard InChI is InChI=1S/C6H11N3O3S/c1-5-4-6(10)9(8-5)2-3-13(7,11)12/h2-4H2,1H3,(H2,7,11,12). The highest BCUT2D eigenvalue weighted by atomic mass is 32.2. The molecule has 1 rings (SSSR count). The van der Waals surface area contributed by atoms with Gasteiger partial charge in [0.15, 0.2) is 0 Å². The average molecular weight is 205 g/mol. The van der Waals surface area contributed by atoms with E-state index in [0.29, 0.717) is 5.71 Å². The van der Waals surface area contributed by atoms with Crippen molar-refractivity contribution in [1.29, 1.82) is 0 Å². The number of nitrogens with two attached hydrogens (primary N) is 1. The Hall–Kier alpha value is -0.950. The number of hydrogen-bond acceptors (Lipinski definition) is 4. The highest BCUT2D eigenvalue weighted by Gasteiger charge is 2.21. The third-order valence-corrected chi connectivity index (χ3v) is 2.33. The molecule has 0 aromatic heterocycles. The molecule has 1 amide bonds. The Morgan fingerprint density at radius 1 is 1.62 bits per heavy atom. The van der Waals surface area contributed by atoms with E-state index in [9.17, 15) is 13.2 Å². The fourth-order valence-corrected chi connectivity index (χ4v) is 1.42. The third-order valence-electron chi connectivity index (χ3n) is 1.57. The molecule has 6 nitrogen and oxygen atoms in total. The SMILES string of the molecule is CC1=NN(CCS(N)(=O)=O)C(=O)C1. The minimum absolute atomic E-state index is 0.0367. The van der Waals surface area contributed by atoms with Crippen LogP contribution in [-0.4, -0.2) is 37.3 Å². The Morgan fingerprint density at radius 2 is 2.23 bits per heavy atom. The molecular formula is C6H11N3O3S. The van der Waals surface area contributed by atoms with Crippen LogP contribution in [0.2, 0.25) is 0 Å². The molecule has 0 bridgehead atoms. The smallest absolute Gasteiger partial charge is 0.248 e. The predicted octanol–water partition coefficient (Wildman–Crippen LogP) is -1.12. The number of sulfonamides is 1. The second-order valence-corrected chi connectivity index (χ2v) is 4.63. The Kier molecular flexibility index (Phi) is 2.67. The van der Waals surface area contributed by atoms with Crippen molar-refractivity contribution in [3.63, 3.8) is 0 Å². The van der Waals surface area contributed by atoms with Gasteiger partial charge in [-0.1, -0.05) is 0 Å². The minimum Gasteiger partial charge on any atom is -0.273 e. The molecule has 0 unspecified atom stereocenters. The average Bonchev–Trinajstić information content (AvgIpc) is 2.24. The Morgan fingerprint density at radius 3 is 2.62 bits per heavy atom. The summed E-state index contributed by atoms with van der Waals surface area (Å²) in [6.45, 7) is 1.75. The molecule has 0 radical (unpaired) electrons. The zero-order valence-corrected chi connectivity index (χ0v) is 8.04. The van der Waals surface area contributed by atoms with Gasteiger partial charge < -0.3 is 0 Å². The summed E-state index contributed by atoms with van der Waals surface area (Å²) in [5, 5.41) is 9.77. The van der Waals surface area contributed by atoms with E-state index in [1.54, 1.807) is 6.92 Å². The van der Waals surface area contributed by atoms with Crippen LogP contribution < -0.4 is 5.14 Å². The van der Waals surface area contributed by atoms with Crippen molar-refractivity contribution in [2.75, 3.05) is 12.3 Å². The summed E-state index contributed by atoms with van der Waals surface area (Å²) in [4.78, 5) is 11.1. The van der Waals surface area contributed by atoms with Gasteiger partial charge in [0.2, 0.25) is 15.9 Å². The van der Waals surface area contributed by atoms with Crippen LogP contribution in [0.5, 0.6) is 0 Å². The number of amides is 1. The molecule has 7 heteroatoms. The molecule has 0 saturated heterocycles. The summed E-state index contributed by atoms with van der Waals surface area (Å²) < 4.78 is 21.1. The maximum Gasteiger partial charge on any atom is 0.248 e. The van der Waals surface area contributed by atoms with Crippen LogP contribution in [0.3, 0.4) is 0 Å². The van der Waals surface area contributed by atoms with Crippen LogP contribution in [0, 0.1) is 0 Å². The van der Waals surface area contributed by atoms with Gasteiger partial charge in [-0.3, -0.25) is 4.79 Å². The van der Waals surface area contributed by atoms with Crippen molar-refractivity contribution in [2.24, 2.45) is 10.2 Å². The number of carbonyl (C=O) groups is 1. The molecule has 1 heterocycles. The summed E-state index contributed by atoms with van der Waals surface area (Å²) in [7, 11) is -3.52. The summed E-state index contributed by atoms with van der Waals surface area (Å²) in [5.41, 5.74) is 0.694. The van der Waals surface area contributed by atoms with Crippen LogP contribution in [0.15, 0.2) is 5.10 Å². The molecule has 13 heavy (non-hydrogen) atoms. The fraction of sp³-hybridized carbons (Fsp3) is 0.667. The molecule has 0 aliphatic carbocycles. The van der Waals surface area contributed by atoms with E-state index in [1.165, 1.54) is 0 Å². The maximum atomic E-state index is 11.1. The second kappa shape index (κ2) is 3.43. The molecular weight excluding hydrogens is 194 g/mol. The Bertz CT molecular complexity index is 346. The van der Waals surface area contributed by atoms with Gasteiger partial charge in [0.1, 0.15) is 0 Å². The number of hydrazone groups is 1. The van der Waals surface area contributed by atoms with Crippen molar-refractivity contribution in [3.8, 4) is 0 Å². The second-order valence-electron chi connectivity index (χ2n) is 2.90. The molecule has 74 valence electrons. The van der Waals surface area contributed by atoms with E-state index in [1.807, 2.05) is 0 Å². The molecule has 1 aliphatic heterocycles. The van der Waals surface area contributed by atoms with Crippen molar-refractivity contribution >= 4 is 21.6 Å². The van der Waals surface area contributed by atoms with E-state index in [0.717, 1.165) is 5.01 Å². The normalized spacial score (nSPS) is 17.8. The van der Waals surface area contributed by atoms with Crippen LogP contribution in [0.1, 0.15) is 13.3 Å². The molecule has 0 saturated carbocycles. The quantitative estimate of drug-likeness (QED) is 0.632. The lowest BCUT2D eigenvalue weighted by Crippen LogP contribution is -2.30. The largest absolute Gasteiger partial charge is 0.273 e. The molecule has 0 aromatic rings. The van der Waals surface area contributed by atoms with Gasteiger partial charge in [-0.15, -0.1) is 0 Å². The van der Waals surface area contributed by atoms with Gasteiger partial charge in [-0.2, -0.15) is 5.10 Å². The van der Waals surface area contributed by atoms with Crippen LogP contribution in [-0.2, 0) is 14.8 Å². The van der Waals surface area contributed by atoms with E-state index in [4.69, 9.17) is 5.14 Å². The fourth-order valence-electron chi connectivity index (χ4n) is 0.996. The lowest BCUT2D eigenvalue weighted by Gasteiger charge is -2.09. The van der Waals surface area contributed by atoms with Crippen molar-refractivity contribution in [3.05, 3.63) is 0 Å². The molecule has 2 N–H and O–H groups in total. The van der Waals surface area contributed by atoms with Crippen molar-refractivity contribution in [1.82, 2.24) is 5.01 Å². The van der Waals surface area contributed by atoms with E-state index in [-0.39, 0.29) is 24.6 Å². The first-order valence-electron chi connectivity index (χ1n) is 3.73. The molecule has 0 fully saturated rings. The Labute approximate surface area is 76.4 Å². The van der Waals surface area contributed by atoms with Crippen molar-refractivity contribution < 1.29 is 13.2 Å². The van der Waals surface area contributed by atoms with E-state index < -0.39 is 10.0 Å². The van der Waals surface area contributed by atoms with Gasteiger partial charge in [-0.25, -0.2) is 18.6 Å². The van der Waals surface area contributed by atoms with Gasteiger partial charge in [-0.05, 0) is 6.92 Å². The number of hydrogen-bond donors (Lipinski definition) is 1. The molecule has 0 aromatic carbocycles. The van der Waals surface area contributed by atoms with E-state index >= 15 is 0 Å². The number of carbonyl (C=O) groups excluding carboxylic acids is 1. The monoisotopic (exact) mass is 205 g/mol. The molecule has 0 spiro atoms. The third kappa shape index (κ3) is 3.11. The van der Waals surface area contributed by atoms with Gasteiger partial charge in [0, 0.05) is 5.71 Å². The lowest BCUT2D eigenvalue weighted by molar-refractivity contribution is -0.128. The first-order chi connectivity index (χ1) is 5.88. The summed E-state index contributed by atoms with van der Waals surface area (Å²) >= 11 is 0. The van der Waals surface area contributed by atoms with Gasteiger partial charge in [0.25, 0.3) is 0 Å². The lowest BCUT2D eigenvalue weighted by atomic mass is 10.3. The summed E-state index contributed by atoms with van der Waals surface area (Å²) in [5.74, 6) is -0.434. The summed E-state index contributed by atoms with van der Waals surface area (Å²) in [6.07, 6.45) is 0.268. The van der Waals surface area contributed by atoms with Crippen molar-refractivity contribution in [2.45, 2.75) is 13.3 Å². The molecule has 1 aliphatic rings. The number of primary sulfonamides is 1. The highest BCUT2D eigenvalue weighted by Crippen LogP contribution is 2.06. The van der Waals surface area contributed by atoms with E-state index in [2.05, 4.69) is 5.10 Å². The first-order valence-corrected chi connectivity index (χ1v) is 5.45. The predicted molar refractivity (Wildman–Crippen MR) is 47.4 cm³/mol. The topological polar surface area (TPSA) is 92.8 Å². The molecule has 0 atom stereocenters. The highest BCUT2D eigenvalue weighted by molar-refractivity contribution is 7.89. The zero-order chi connectivity index (χ0) is 10.1.